The summed E-state index contributed by atoms with van der Waals surface area (Å²) in [7, 11) is 3.07. The van der Waals surface area contributed by atoms with Crippen LogP contribution < -0.4 is 40.5 Å². The lowest BCUT2D eigenvalue weighted by atomic mass is 10.1. The van der Waals surface area contributed by atoms with Gasteiger partial charge in [0.05, 0.1) is 112 Å². The van der Waals surface area contributed by atoms with Gasteiger partial charge in [0.1, 0.15) is 11.8 Å². The predicted octanol–water partition coefficient (Wildman–Crippen LogP) is 9.78. The molecule has 2 aromatic heterocycles. The lowest BCUT2D eigenvalue weighted by molar-refractivity contribution is -0.133. The van der Waals surface area contributed by atoms with Gasteiger partial charge in [0.25, 0.3) is 23.6 Å². The number of unbranched alkanes of at least 4 members (excludes halogenated alkanes) is 2. The van der Waals surface area contributed by atoms with Gasteiger partial charge in [-0.3, -0.25) is 29.2 Å². The minimum atomic E-state index is -3.11. The van der Waals surface area contributed by atoms with Crippen molar-refractivity contribution in [2.45, 2.75) is 89.1 Å². The molecule has 5 aliphatic rings. The number of alkyl halides is 2. The number of aromatic nitrogens is 1. The summed E-state index contributed by atoms with van der Waals surface area (Å²) in [4.78, 5) is 80.4. The van der Waals surface area contributed by atoms with Gasteiger partial charge >= 0.3 is 5.63 Å². The smallest absolute Gasteiger partial charge is 0.339 e. The molecule has 4 aromatic carbocycles. The molecule has 1 fully saturated rings. The number of likely N-dealkylation sites (tertiary alicyclic amines) is 1. The van der Waals surface area contributed by atoms with Crippen LogP contribution in [0.5, 0.6) is 23.0 Å². The lowest BCUT2D eigenvalue weighted by Gasteiger charge is -2.29. The Morgan fingerprint density at radius 2 is 1.56 bits per heavy atom. The van der Waals surface area contributed by atoms with E-state index in [-0.39, 0.29) is 61.0 Å². The molecule has 4 amide bonds. The molecule has 3 N–H and O–H groups in total. The molecule has 0 aliphatic carbocycles. The Bertz CT molecular complexity index is 3730. The van der Waals surface area contributed by atoms with Crippen LogP contribution in [0.15, 0.2) is 123 Å². The van der Waals surface area contributed by atoms with E-state index in [0.29, 0.717) is 117 Å². The number of ether oxygens (including phenoxy) is 6. The van der Waals surface area contributed by atoms with E-state index >= 15 is 0 Å². The standard InChI is InChI=1S/C63H66F2N8O12.3H2/c1-37-22-42-31-68-49-28-55(53(79-3)26-46(49)60(76)71(42)33-37)82-18-8-5-9-19-83-56-29-50-47(27-54(56)80-4)61(77)72-34-38(2)23-51(72)59(70-50)84-20-15-40-24-39-12-13-41(25-52(39)85-62(40)78)66-17-21-81-35-43-30-63(64,65)36-73(43)57(74)32-69-58(75)45-14-16-67-48-11-7-6-10-44(45)48;;;/h6-7,10-14,16,24-29,31,33-34,42-43,51,59,66,70H,5,8-9,15,17-23,30,32,35-36H2,1-4H3,(H,69,75);3*1H/t42?,43?,51?,59-;;;/m0.../s1. The number of carbonyl (C=O) groups is 4. The number of halogens is 2. The Labute approximate surface area is 493 Å². The number of fused-ring (bicyclic) bond motifs is 6. The molecule has 11 rings (SSSR count). The first kappa shape index (κ1) is 57.9. The van der Waals surface area contributed by atoms with Gasteiger partial charge in [-0.1, -0.05) is 29.3 Å². The molecule has 1 saturated heterocycles. The highest BCUT2D eigenvalue weighted by Crippen LogP contribution is 2.41. The van der Waals surface area contributed by atoms with Gasteiger partial charge in [0.15, 0.2) is 23.0 Å². The van der Waals surface area contributed by atoms with E-state index < -0.39 is 55.1 Å². The van der Waals surface area contributed by atoms with Crippen molar-refractivity contribution in [1.29, 1.82) is 0 Å². The van der Waals surface area contributed by atoms with E-state index in [1.165, 1.54) is 19.4 Å². The molecular weight excluding hydrogens is 1100 g/mol. The number of benzene rings is 4. The van der Waals surface area contributed by atoms with Gasteiger partial charge in [-0.15, -0.1) is 0 Å². The van der Waals surface area contributed by atoms with E-state index in [1.807, 2.05) is 44.6 Å². The molecule has 0 radical (unpaired) electrons. The largest absolute Gasteiger partial charge is 0.493 e. The summed E-state index contributed by atoms with van der Waals surface area (Å²) < 4.78 is 71.1. The fraction of sp³-hybridized carbons (Fsp3) is 0.381. The van der Waals surface area contributed by atoms with Crippen LogP contribution in [-0.4, -0.2) is 147 Å². The molecule has 450 valence electrons. The van der Waals surface area contributed by atoms with Crippen LogP contribution >= 0.6 is 0 Å². The van der Waals surface area contributed by atoms with Crippen molar-refractivity contribution in [2.24, 2.45) is 4.99 Å². The Morgan fingerprint density at radius 3 is 2.36 bits per heavy atom. The highest BCUT2D eigenvalue weighted by molar-refractivity contribution is 6.07. The second-order valence-corrected chi connectivity index (χ2v) is 21.8. The van der Waals surface area contributed by atoms with Crippen molar-refractivity contribution in [3.8, 4) is 23.0 Å². The van der Waals surface area contributed by atoms with Crippen LogP contribution in [0.1, 0.15) is 93.3 Å². The van der Waals surface area contributed by atoms with Gasteiger partial charge in [-0.25, -0.2) is 13.6 Å². The normalized spacial score (nSPS) is 19.3. The molecule has 0 saturated carbocycles. The number of nitrogens with one attached hydrogen (secondary N) is 3. The zero-order chi connectivity index (χ0) is 59.4. The summed E-state index contributed by atoms with van der Waals surface area (Å²) in [6.45, 7) is 3.89. The Morgan fingerprint density at radius 1 is 0.824 bits per heavy atom. The topological polar surface area (TPSA) is 225 Å². The van der Waals surface area contributed by atoms with Crippen molar-refractivity contribution < 1.29 is 65.1 Å². The number of hydrogen-bond acceptors (Lipinski definition) is 16. The van der Waals surface area contributed by atoms with E-state index in [9.17, 15) is 32.8 Å². The molecule has 85 heavy (non-hydrogen) atoms. The van der Waals surface area contributed by atoms with Crippen LogP contribution in [0.4, 0.5) is 25.8 Å². The van der Waals surface area contributed by atoms with Crippen LogP contribution in [0.25, 0.3) is 21.9 Å². The molecule has 22 heteroatoms. The predicted molar refractivity (Wildman–Crippen MR) is 320 cm³/mol. The molecule has 5 aliphatic heterocycles. The monoisotopic (exact) mass is 1170 g/mol. The minimum Gasteiger partial charge on any atom is -0.493 e. The second-order valence-electron chi connectivity index (χ2n) is 21.8. The Hall–Kier alpha value is -8.89. The summed E-state index contributed by atoms with van der Waals surface area (Å²) in [6, 6.07) is 21.2. The van der Waals surface area contributed by atoms with Gasteiger partial charge in [-0.05, 0) is 88.4 Å². The van der Waals surface area contributed by atoms with Gasteiger partial charge < -0.3 is 63.5 Å². The molecule has 3 unspecified atom stereocenters. The number of anilines is 2. The number of aliphatic imine (C=N–C) groups is 1. The average Bonchev–Trinajstić information content (AvgIpc) is 2.71. The zero-order valence-corrected chi connectivity index (χ0v) is 47.6. The fourth-order valence-corrected chi connectivity index (χ4v) is 11.5. The van der Waals surface area contributed by atoms with E-state index in [0.717, 1.165) is 28.9 Å². The molecule has 0 bridgehead atoms. The number of para-hydroxylation sites is 1. The summed E-state index contributed by atoms with van der Waals surface area (Å²) in [5.74, 6) is -2.79. The first-order valence-electron chi connectivity index (χ1n) is 28.4. The van der Waals surface area contributed by atoms with Crippen LogP contribution in [0, 0.1) is 0 Å². The average molecular weight is 1170 g/mol. The number of rotatable bonds is 23. The minimum absolute atomic E-state index is 0. The Balaban J connectivity index is 0.00000334. The molecule has 4 atom stereocenters. The first-order valence-corrected chi connectivity index (χ1v) is 28.4. The van der Waals surface area contributed by atoms with Gasteiger partial charge in [0, 0.05) is 88.7 Å². The maximum absolute atomic E-state index is 14.6. The van der Waals surface area contributed by atoms with Crippen molar-refractivity contribution >= 4 is 68.8 Å². The maximum atomic E-state index is 14.6. The summed E-state index contributed by atoms with van der Waals surface area (Å²) in [6.07, 6.45) is 9.52. The highest BCUT2D eigenvalue weighted by Gasteiger charge is 2.47. The number of nitrogens with zero attached hydrogens (tertiary/aromatic N) is 5. The molecular formula is C63H72F2N8O12. The molecule has 0 spiro atoms. The highest BCUT2D eigenvalue weighted by atomic mass is 19.3. The van der Waals surface area contributed by atoms with Crippen molar-refractivity contribution in [3.63, 3.8) is 0 Å². The number of amides is 4. The number of pyridine rings is 1. The lowest BCUT2D eigenvalue weighted by Crippen LogP contribution is -2.44. The SMILES string of the molecule is COc1cc2c(cc1OCCCCCOc1cc3c(cc1OC)C(=O)N1C=C(C)CC1[C@H](OCCc1cc4ccc(NCCOCC5CC(F)(F)CN5C(=O)CNC(=O)c5ccnc6ccccc56)cc4oc1=O)N3)N=CC1CC(C)=CN1C2=O.[HH].[HH].[HH]. The molecule has 7 heterocycles. The van der Waals surface area contributed by atoms with E-state index in [2.05, 4.69) is 25.9 Å². The molecule has 20 nitrogen and oxygen atoms in total. The fourth-order valence-electron chi connectivity index (χ4n) is 11.5. The number of hydrogen-bond donors (Lipinski definition) is 3. The third-order valence-electron chi connectivity index (χ3n) is 15.7. The summed E-state index contributed by atoms with van der Waals surface area (Å²) >= 11 is 0. The zero-order valence-electron chi connectivity index (χ0n) is 47.6. The van der Waals surface area contributed by atoms with Gasteiger partial charge in [0.2, 0.25) is 5.91 Å². The van der Waals surface area contributed by atoms with Crippen LogP contribution in [0.2, 0.25) is 0 Å². The third-order valence-corrected chi connectivity index (χ3v) is 15.7. The number of carbonyl (C=O) groups excluding carboxylic acids is 4. The Kier molecular flexibility index (Phi) is 17.1. The summed E-state index contributed by atoms with van der Waals surface area (Å²) in [5.41, 5.74) is 5.83. The van der Waals surface area contributed by atoms with Crippen LogP contribution in [0.3, 0.4) is 0 Å². The van der Waals surface area contributed by atoms with Crippen molar-refractivity contribution in [3.05, 3.63) is 141 Å². The van der Waals surface area contributed by atoms with Gasteiger partial charge in [-0.2, -0.15) is 0 Å². The summed E-state index contributed by atoms with van der Waals surface area (Å²) in [5, 5.41) is 10.5. The second kappa shape index (κ2) is 25.1. The van der Waals surface area contributed by atoms with Crippen molar-refractivity contribution in [2.75, 3.05) is 77.5 Å². The first-order chi connectivity index (χ1) is 41.1. The number of methoxy groups -OCH3 is 2. The molecule has 6 aromatic rings. The van der Waals surface area contributed by atoms with Crippen LogP contribution in [-0.2, 0) is 20.7 Å². The van der Waals surface area contributed by atoms with E-state index in [1.54, 1.807) is 77.6 Å². The maximum Gasteiger partial charge on any atom is 0.339 e. The van der Waals surface area contributed by atoms with E-state index in [4.69, 9.17) is 32.8 Å². The third kappa shape index (κ3) is 12.8. The van der Waals surface area contributed by atoms with Crippen molar-refractivity contribution in [1.82, 2.24) is 25.0 Å². The quantitative estimate of drug-likeness (QED) is 0.0401.